The van der Waals surface area contributed by atoms with E-state index in [2.05, 4.69) is 18.4 Å². The third-order valence-electron chi connectivity index (χ3n) is 3.93. The minimum atomic E-state index is 0. The summed E-state index contributed by atoms with van der Waals surface area (Å²) < 4.78 is 0. The second-order valence-corrected chi connectivity index (χ2v) is 6.42. The summed E-state index contributed by atoms with van der Waals surface area (Å²) >= 11 is 1.84. The molecular weight excluding hydrogens is 304 g/mol. The van der Waals surface area contributed by atoms with Gasteiger partial charge in [0.1, 0.15) is 0 Å². The third kappa shape index (κ3) is 5.20. The Morgan fingerprint density at radius 2 is 2.00 bits per heavy atom. The van der Waals surface area contributed by atoms with Crippen LogP contribution in [0.1, 0.15) is 30.7 Å². The molecule has 3 nitrogen and oxygen atoms in total. The predicted molar refractivity (Wildman–Crippen MR) is 93.2 cm³/mol. The Morgan fingerprint density at radius 3 is 2.67 bits per heavy atom. The van der Waals surface area contributed by atoms with Crippen molar-refractivity contribution in [3.05, 3.63) is 35.9 Å². The van der Waals surface area contributed by atoms with Gasteiger partial charge in [-0.25, -0.2) is 0 Å². The van der Waals surface area contributed by atoms with Gasteiger partial charge in [0, 0.05) is 31.5 Å². The van der Waals surface area contributed by atoms with Crippen molar-refractivity contribution in [1.29, 1.82) is 0 Å². The molecule has 0 unspecified atom stereocenters. The van der Waals surface area contributed by atoms with Gasteiger partial charge in [-0.1, -0.05) is 30.3 Å². The van der Waals surface area contributed by atoms with Crippen molar-refractivity contribution in [3.8, 4) is 0 Å². The van der Waals surface area contributed by atoms with Crippen molar-refractivity contribution >= 4 is 30.1 Å². The number of nitrogens with zero attached hydrogens (tertiary/aromatic N) is 1. The lowest BCUT2D eigenvalue weighted by atomic mass is 9.95. The van der Waals surface area contributed by atoms with Gasteiger partial charge in [0.15, 0.2) is 0 Å². The molecule has 0 aromatic heterocycles. The van der Waals surface area contributed by atoms with E-state index in [1.165, 1.54) is 5.56 Å². The van der Waals surface area contributed by atoms with Crippen molar-refractivity contribution < 1.29 is 4.79 Å². The first-order chi connectivity index (χ1) is 9.72. The fourth-order valence-electron chi connectivity index (χ4n) is 2.77. The first-order valence-electron chi connectivity index (χ1n) is 7.29. The van der Waals surface area contributed by atoms with E-state index in [0.29, 0.717) is 13.0 Å². The van der Waals surface area contributed by atoms with Gasteiger partial charge in [-0.15, -0.1) is 12.4 Å². The first kappa shape index (κ1) is 18.3. The molecular formula is C16H25ClN2OS. The van der Waals surface area contributed by atoms with E-state index in [4.69, 9.17) is 5.73 Å². The van der Waals surface area contributed by atoms with Crippen LogP contribution < -0.4 is 5.73 Å². The number of thioether (sulfide) groups is 1. The maximum atomic E-state index is 12.2. The number of nitrogens with two attached hydrogens (primary N) is 1. The minimum Gasteiger partial charge on any atom is -0.340 e. The van der Waals surface area contributed by atoms with Crippen molar-refractivity contribution in [3.63, 3.8) is 0 Å². The molecule has 1 aliphatic heterocycles. The Morgan fingerprint density at radius 1 is 1.29 bits per heavy atom. The number of hydrogen-bond donors (Lipinski definition) is 1. The fourth-order valence-corrected chi connectivity index (χ4v) is 3.26. The second kappa shape index (κ2) is 9.34. The average molecular weight is 329 g/mol. The van der Waals surface area contributed by atoms with Crippen LogP contribution in [0.25, 0.3) is 0 Å². The SMILES string of the molecule is CSCCCCC(=O)N1C[C@@H](N)[C@H](c2ccccc2)C1.Cl. The molecule has 0 saturated carbocycles. The number of hydrogen-bond acceptors (Lipinski definition) is 3. The minimum absolute atomic E-state index is 0. The molecule has 5 heteroatoms. The van der Waals surface area contributed by atoms with Crippen LogP contribution in [0, 0.1) is 0 Å². The zero-order valence-corrected chi connectivity index (χ0v) is 14.2. The molecule has 0 spiro atoms. The van der Waals surface area contributed by atoms with E-state index in [9.17, 15) is 4.79 Å². The second-order valence-electron chi connectivity index (χ2n) is 5.43. The van der Waals surface area contributed by atoms with E-state index in [-0.39, 0.29) is 30.3 Å². The molecule has 0 radical (unpaired) electrons. The van der Waals surface area contributed by atoms with Gasteiger partial charge < -0.3 is 10.6 Å². The van der Waals surface area contributed by atoms with Gasteiger partial charge in [0.05, 0.1) is 0 Å². The highest BCUT2D eigenvalue weighted by atomic mass is 35.5. The lowest BCUT2D eigenvalue weighted by Gasteiger charge is -2.16. The van der Waals surface area contributed by atoms with Gasteiger partial charge in [-0.2, -0.15) is 11.8 Å². The summed E-state index contributed by atoms with van der Waals surface area (Å²) in [6.07, 6.45) is 4.87. The van der Waals surface area contributed by atoms with Gasteiger partial charge in [-0.3, -0.25) is 4.79 Å². The fraction of sp³-hybridized carbons (Fsp3) is 0.562. The largest absolute Gasteiger partial charge is 0.340 e. The Kier molecular flexibility index (Phi) is 8.15. The summed E-state index contributed by atoms with van der Waals surface area (Å²) in [6, 6.07) is 10.4. The highest BCUT2D eigenvalue weighted by molar-refractivity contribution is 7.98. The Hall–Kier alpha value is -0.710. The molecule has 0 bridgehead atoms. The molecule has 1 aliphatic rings. The van der Waals surface area contributed by atoms with Gasteiger partial charge >= 0.3 is 0 Å². The molecule has 2 atom stereocenters. The molecule has 2 N–H and O–H groups in total. The third-order valence-corrected chi connectivity index (χ3v) is 4.63. The molecule has 0 aliphatic carbocycles. The standard InChI is InChI=1S/C16H24N2OS.ClH/c1-20-10-6-5-9-16(19)18-11-14(15(17)12-18)13-7-3-2-4-8-13;/h2-4,7-8,14-15H,5-6,9-12,17H2,1H3;1H/t14-,15+;/m0./s1. The van der Waals surface area contributed by atoms with Crippen LogP contribution in [0.3, 0.4) is 0 Å². The summed E-state index contributed by atoms with van der Waals surface area (Å²) in [7, 11) is 0. The monoisotopic (exact) mass is 328 g/mol. The molecule has 1 fully saturated rings. The van der Waals surface area contributed by atoms with E-state index in [1.54, 1.807) is 0 Å². The Balaban J connectivity index is 0.00000220. The highest BCUT2D eigenvalue weighted by Crippen LogP contribution is 2.26. The van der Waals surface area contributed by atoms with Crippen molar-refractivity contribution in [2.45, 2.75) is 31.2 Å². The number of halogens is 1. The van der Waals surface area contributed by atoms with Crippen LogP contribution in [0.5, 0.6) is 0 Å². The van der Waals surface area contributed by atoms with Crippen molar-refractivity contribution in [2.24, 2.45) is 5.73 Å². The van der Waals surface area contributed by atoms with Crippen molar-refractivity contribution in [2.75, 3.05) is 25.1 Å². The summed E-state index contributed by atoms with van der Waals surface area (Å²) in [6.45, 7) is 1.47. The van der Waals surface area contributed by atoms with Crippen LogP contribution in [0.2, 0.25) is 0 Å². The number of carbonyl (C=O) groups is 1. The summed E-state index contributed by atoms with van der Waals surface area (Å²) in [5.41, 5.74) is 7.47. The average Bonchev–Trinajstić information content (AvgIpc) is 2.86. The van der Waals surface area contributed by atoms with Gasteiger partial charge in [-0.05, 0) is 30.4 Å². The quantitative estimate of drug-likeness (QED) is 0.817. The zero-order valence-electron chi connectivity index (χ0n) is 12.5. The van der Waals surface area contributed by atoms with Crippen LogP contribution in [-0.4, -0.2) is 41.9 Å². The molecule has 1 saturated heterocycles. The van der Waals surface area contributed by atoms with Crippen LogP contribution in [-0.2, 0) is 4.79 Å². The van der Waals surface area contributed by atoms with Crippen LogP contribution in [0.4, 0.5) is 0 Å². The summed E-state index contributed by atoms with van der Waals surface area (Å²) in [4.78, 5) is 14.1. The lowest BCUT2D eigenvalue weighted by molar-refractivity contribution is -0.130. The lowest BCUT2D eigenvalue weighted by Crippen LogP contribution is -2.32. The highest BCUT2D eigenvalue weighted by Gasteiger charge is 2.33. The topological polar surface area (TPSA) is 46.3 Å². The summed E-state index contributed by atoms with van der Waals surface area (Å²) in [5, 5.41) is 0. The first-order valence-corrected chi connectivity index (χ1v) is 8.69. The Bertz CT molecular complexity index is 430. The van der Waals surface area contributed by atoms with Crippen molar-refractivity contribution in [1.82, 2.24) is 4.90 Å². The van der Waals surface area contributed by atoms with E-state index < -0.39 is 0 Å². The number of benzene rings is 1. The van der Waals surface area contributed by atoms with Gasteiger partial charge in [0.2, 0.25) is 5.91 Å². The molecule has 1 amide bonds. The Labute approximate surface area is 138 Å². The normalized spacial score (nSPS) is 21.1. The number of unbranched alkanes of at least 4 members (excludes halogenated alkanes) is 1. The zero-order chi connectivity index (χ0) is 14.4. The smallest absolute Gasteiger partial charge is 0.222 e. The molecule has 2 rings (SSSR count). The molecule has 1 aromatic carbocycles. The molecule has 1 aromatic rings. The van der Waals surface area contributed by atoms with E-state index in [0.717, 1.165) is 25.1 Å². The maximum Gasteiger partial charge on any atom is 0.222 e. The molecule has 21 heavy (non-hydrogen) atoms. The molecule has 1 heterocycles. The van der Waals surface area contributed by atoms with E-state index in [1.807, 2.05) is 34.9 Å². The van der Waals surface area contributed by atoms with E-state index >= 15 is 0 Å². The number of likely N-dealkylation sites (tertiary alicyclic amines) is 1. The summed E-state index contributed by atoms with van der Waals surface area (Å²) in [5.74, 6) is 1.69. The van der Waals surface area contributed by atoms with Crippen LogP contribution in [0.15, 0.2) is 30.3 Å². The number of amides is 1. The molecule has 118 valence electrons. The number of rotatable bonds is 6. The predicted octanol–water partition coefficient (Wildman–Crippen LogP) is 2.89. The van der Waals surface area contributed by atoms with Crippen LogP contribution >= 0.6 is 24.2 Å². The maximum absolute atomic E-state index is 12.2. The number of carbonyl (C=O) groups excluding carboxylic acids is 1. The van der Waals surface area contributed by atoms with Gasteiger partial charge in [0.25, 0.3) is 0 Å².